The van der Waals surface area contributed by atoms with E-state index in [4.69, 9.17) is 28.2 Å². The highest BCUT2D eigenvalue weighted by Gasteiger charge is 2.06. The average molecular weight is 305 g/mol. The van der Waals surface area contributed by atoms with Crippen LogP contribution in [0.15, 0.2) is 16.6 Å². The molecule has 0 aliphatic heterocycles. The number of hydrogen-bond donors (Lipinski definition) is 5. The van der Waals surface area contributed by atoms with E-state index in [-0.39, 0.29) is 11.9 Å². The molecular weight excluding hydrogens is 293 g/mol. The van der Waals surface area contributed by atoms with Gasteiger partial charge in [-0.25, -0.2) is 0 Å². The van der Waals surface area contributed by atoms with E-state index in [0.29, 0.717) is 10.7 Å². The fourth-order valence-electron chi connectivity index (χ4n) is 1.08. The molecule has 6 N–H and O–H groups in total. The fourth-order valence-corrected chi connectivity index (χ4v) is 1.89. The Kier molecular flexibility index (Phi) is 4.14. The molecule has 1 rings (SSSR count). The van der Waals surface area contributed by atoms with Crippen molar-refractivity contribution in [1.29, 1.82) is 10.8 Å². The molecule has 0 heterocycles. The van der Waals surface area contributed by atoms with Gasteiger partial charge in [0.1, 0.15) is 0 Å². The third kappa shape index (κ3) is 3.39. The van der Waals surface area contributed by atoms with Crippen molar-refractivity contribution in [1.82, 2.24) is 5.32 Å². The third-order valence-corrected chi connectivity index (χ3v) is 2.68. The molecule has 0 amide bonds. The molecule has 0 aliphatic rings. The van der Waals surface area contributed by atoms with E-state index in [1.165, 1.54) is 0 Å². The fraction of sp³-hybridized carbons (Fsp3) is 0.111. The Hall–Kier alpha value is -1.27. The van der Waals surface area contributed by atoms with Crippen molar-refractivity contribution in [2.24, 2.45) is 5.73 Å². The lowest BCUT2D eigenvalue weighted by Gasteiger charge is -2.12. The number of rotatable bonds is 1. The van der Waals surface area contributed by atoms with E-state index in [1.54, 1.807) is 12.1 Å². The quantitative estimate of drug-likeness (QED) is 0.406. The van der Waals surface area contributed by atoms with Gasteiger partial charge in [-0.2, -0.15) is 0 Å². The van der Waals surface area contributed by atoms with Gasteiger partial charge in [-0.05, 0) is 24.6 Å². The molecule has 0 unspecified atom stereocenters. The molecule has 16 heavy (non-hydrogen) atoms. The van der Waals surface area contributed by atoms with Crippen molar-refractivity contribution in [3.8, 4) is 0 Å². The Morgan fingerprint density at radius 3 is 2.62 bits per heavy atom. The predicted molar refractivity (Wildman–Crippen MR) is 70.3 cm³/mol. The summed E-state index contributed by atoms with van der Waals surface area (Å²) in [6, 6.07) is 3.56. The third-order valence-electron chi connectivity index (χ3n) is 1.83. The lowest BCUT2D eigenvalue weighted by molar-refractivity contribution is 1.20. The SMILES string of the molecule is Cc1c(Cl)cc(Br)cc1NC(=N)NC(=N)N. The minimum Gasteiger partial charge on any atom is -0.370 e. The van der Waals surface area contributed by atoms with E-state index in [0.717, 1.165) is 10.0 Å². The Bertz CT molecular complexity index is 446. The molecule has 0 saturated heterocycles. The Labute approximate surface area is 107 Å². The summed E-state index contributed by atoms with van der Waals surface area (Å²) < 4.78 is 0.807. The van der Waals surface area contributed by atoms with E-state index in [1.807, 2.05) is 6.92 Å². The molecule has 0 radical (unpaired) electrons. The first-order valence-corrected chi connectivity index (χ1v) is 5.49. The van der Waals surface area contributed by atoms with Crippen molar-refractivity contribution in [3.63, 3.8) is 0 Å². The van der Waals surface area contributed by atoms with Gasteiger partial charge in [0.05, 0.1) is 0 Å². The molecule has 0 atom stereocenters. The molecule has 0 bridgehead atoms. The topological polar surface area (TPSA) is 97.8 Å². The molecule has 86 valence electrons. The highest BCUT2D eigenvalue weighted by Crippen LogP contribution is 2.28. The molecule has 1 aromatic rings. The normalized spacial score (nSPS) is 9.69. The summed E-state index contributed by atoms with van der Waals surface area (Å²) in [5, 5.41) is 20.2. The van der Waals surface area contributed by atoms with E-state index < -0.39 is 0 Å². The number of benzene rings is 1. The van der Waals surface area contributed by atoms with Crippen molar-refractivity contribution in [2.45, 2.75) is 6.92 Å². The van der Waals surface area contributed by atoms with Crippen molar-refractivity contribution in [2.75, 3.05) is 5.32 Å². The standard InChI is InChI=1S/C9H11BrClN5/c1-4-6(11)2-5(10)3-7(4)15-9(14)16-8(12)13/h2-3H,1H3,(H6,12,13,14,15,16). The predicted octanol–water partition coefficient (Wildman–Crippen LogP) is 2.24. The number of nitrogens with two attached hydrogens (primary N) is 1. The summed E-state index contributed by atoms with van der Waals surface area (Å²) in [5.41, 5.74) is 6.60. The second-order valence-electron chi connectivity index (χ2n) is 3.10. The summed E-state index contributed by atoms with van der Waals surface area (Å²) in [4.78, 5) is 0. The second-order valence-corrected chi connectivity index (χ2v) is 4.42. The van der Waals surface area contributed by atoms with Crippen LogP contribution in [0.2, 0.25) is 5.02 Å². The van der Waals surface area contributed by atoms with Gasteiger partial charge in [-0.15, -0.1) is 0 Å². The van der Waals surface area contributed by atoms with E-state index in [2.05, 4.69) is 26.6 Å². The molecule has 0 spiro atoms. The van der Waals surface area contributed by atoms with Gasteiger partial charge < -0.3 is 11.1 Å². The summed E-state index contributed by atoms with van der Waals surface area (Å²) in [7, 11) is 0. The number of nitrogens with one attached hydrogen (secondary N) is 4. The largest absolute Gasteiger partial charge is 0.370 e. The van der Waals surface area contributed by atoms with Crippen LogP contribution in [0.3, 0.4) is 0 Å². The van der Waals surface area contributed by atoms with Crippen LogP contribution in [-0.4, -0.2) is 11.9 Å². The maximum Gasteiger partial charge on any atom is 0.199 e. The number of anilines is 1. The lowest BCUT2D eigenvalue weighted by Crippen LogP contribution is -2.39. The summed E-state index contributed by atoms with van der Waals surface area (Å²) >= 11 is 9.29. The molecule has 0 aromatic heterocycles. The van der Waals surface area contributed by atoms with Crippen LogP contribution >= 0.6 is 27.5 Å². The van der Waals surface area contributed by atoms with E-state index >= 15 is 0 Å². The maximum atomic E-state index is 7.49. The zero-order valence-electron chi connectivity index (χ0n) is 8.49. The zero-order valence-corrected chi connectivity index (χ0v) is 10.8. The van der Waals surface area contributed by atoms with Gasteiger partial charge in [0.25, 0.3) is 0 Å². The molecule has 0 saturated carbocycles. The maximum absolute atomic E-state index is 7.49. The highest BCUT2D eigenvalue weighted by molar-refractivity contribution is 9.10. The smallest absolute Gasteiger partial charge is 0.199 e. The van der Waals surface area contributed by atoms with Gasteiger partial charge in [-0.1, -0.05) is 27.5 Å². The van der Waals surface area contributed by atoms with Crippen LogP contribution in [0.1, 0.15) is 5.56 Å². The van der Waals surface area contributed by atoms with Gasteiger partial charge in [0, 0.05) is 15.2 Å². The van der Waals surface area contributed by atoms with Crippen molar-refractivity contribution < 1.29 is 0 Å². The van der Waals surface area contributed by atoms with Crippen LogP contribution in [0, 0.1) is 17.7 Å². The van der Waals surface area contributed by atoms with Crippen LogP contribution in [0.4, 0.5) is 5.69 Å². The number of hydrogen-bond acceptors (Lipinski definition) is 2. The summed E-state index contributed by atoms with van der Waals surface area (Å²) in [5.74, 6) is -0.374. The number of guanidine groups is 2. The van der Waals surface area contributed by atoms with E-state index in [9.17, 15) is 0 Å². The van der Waals surface area contributed by atoms with Crippen LogP contribution in [0.5, 0.6) is 0 Å². The Morgan fingerprint density at radius 1 is 1.44 bits per heavy atom. The minimum atomic E-state index is -0.295. The minimum absolute atomic E-state index is 0.0789. The first kappa shape index (κ1) is 12.8. The van der Waals surface area contributed by atoms with Gasteiger partial charge in [0.15, 0.2) is 11.9 Å². The van der Waals surface area contributed by atoms with Crippen LogP contribution in [0.25, 0.3) is 0 Å². The molecule has 0 aliphatic carbocycles. The zero-order chi connectivity index (χ0) is 12.3. The Morgan fingerprint density at radius 2 is 2.06 bits per heavy atom. The highest BCUT2D eigenvalue weighted by atomic mass is 79.9. The van der Waals surface area contributed by atoms with Crippen LogP contribution < -0.4 is 16.4 Å². The average Bonchev–Trinajstić information content (AvgIpc) is 2.11. The molecular formula is C9H11BrClN5. The van der Waals surface area contributed by atoms with Crippen LogP contribution in [-0.2, 0) is 0 Å². The number of halogens is 2. The summed E-state index contributed by atoms with van der Waals surface area (Å²) in [6.07, 6.45) is 0. The first-order chi connectivity index (χ1) is 7.40. The molecule has 1 aromatic carbocycles. The summed E-state index contributed by atoms with van der Waals surface area (Å²) in [6.45, 7) is 1.83. The molecule has 0 fully saturated rings. The van der Waals surface area contributed by atoms with Crippen molar-refractivity contribution in [3.05, 3.63) is 27.2 Å². The molecule has 7 heteroatoms. The first-order valence-electron chi connectivity index (χ1n) is 4.32. The monoisotopic (exact) mass is 303 g/mol. The van der Waals surface area contributed by atoms with Gasteiger partial charge >= 0.3 is 0 Å². The van der Waals surface area contributed by atoms with Crippen molar-refractivity contribution >= 4 is 45.1 Å². The second kappa shape index (κ2) is 5.18. The van der Waals surface area contributed by atoms with Gasteiger partial charge in [0.2, 0.25) is 0 Å². The lowest BCUT2D eigenvalue weighted by atomic mass is 10.2. The van der Waals surface area contributed by atoms with Gasteiger partial charge in [-0.3, -0.25) is 16.1 Å². The Balaban J connectivity index is 2.89. The molecule has 5 nitrogen and oxygen atoms in total.